The van der Waals surface area contributed by atoms with Gasteiger partial charge in [0.15, 0.2) is 11.6 Å². The van der Waals surface area contributed by atoms with Crippen molar-refractivity contribution in [1.82, 2.24) is 15.5 Å². The smallest absolute Gasteiger partial charge is 0.315 e. The SMILES string of the molecule is O=C(NCCOc1ccccc1F)NC(CN1CCOCC1)c1ccccc1. The Morgan fingerprint density at radius 2 is 1.82 bits per heavy atom. The van der Waals surface area contributed by atoms with E-state index in [4.69, 9.17) is 9.47 Å². The molecule has 1 heterocycles. The van der Waals surface area contributed by atoms with Gasteiger partial charge in [-0.2, -0.15) is 0 Å². The van der Waals surface area contributed by atoms with Crippen LogP contribution in [0.5, 0.6) is 5.75 Å². The number of halogens is 1. The monoisotopic (exact) mass is 387 g/mol. The second-order valence-corrected chi connectivity index (χ2v) is 6.56. The average Bonchev–Trinajstić information content (AvgIpc) is 2.73. The summed E-state index contributed by atoms with van der Waals surface area (Å²) in [4.78, 5) is 14.6. The fourth-order valence-electron chi connectivity index (χ4n) is 3.06. The van der Waals surface area contributed by atoms with Gasteiger partial charge in [-0.15, -0.1) is 0 Å². The first-order valence-corrected chi connectivity index (χ1v) is 9.49. The summed E-state index contributed by atoms with van der Waals surface area (Å²) in [5.74, 6) is -0.235. The molecule has 2 aromatic rings. The standard InChI is InChI=1S/C21H26FN3O3/c22-18-8-4-5-9-20(18)28-13-10-23-21(26)24-19(17-6-2-1-3-7-17)16-25-11-14-27-15-12-25/h1-9,19H,10-16H2,(H2,23,24,26). The van der Waals surface area contributed by atoms with E-state index in [0.29, 0.717) is 19.8 Å². The van der Waals surface area contributed by atoms with Crippen LogP contribution in [0.2, 0.25) is 0 Å². The van der Waals surface area contributed by atoms with Crippen molar-refractivity contribution in [3.63, 3.8) is 0 Å². The van der Waals surface area contributed by atoms with Crippen molar-refractivity contribution in [1.29, 1.82) is 0 Å². The lowest BCUT2D eigenvalue weighted by Gasteiger charge is -2.31. The largest absolute Gasteiger partial charge is 0.489 e. The molecule has 0 aliphatic carbocycles. The quantitative estimate of drug-likeness (QED) is 0.684. The summed E-state index contributed by atoms with van der Waals surface area (Å²) in [7, 11) is 0. The Balaban J connectivity index is 1.48. The lowest BCUT2D eigenvalue weighted by molar-refractivity contribution is 0.0339. The summed E-state index contributed by atoms with van der Waals surface area (Å²) < 4.78 is 24.3. The van der Waals surface area contributed by atoms with E-state index < -0.39 is 5.82 Å². The van der Waals surface area contributed by atoms with Crippen LogP contribution < -0.4 is 15.4 Å². The van der Waals surface area contributed by atoms with Gasteiger partial charge < -0.3 is 20.1 Å². The fourth-order valence-corrected chi connectivity index (χ4v) is 3.06. The molecule has 0 bridgehead atoms. The molecule has 1 atom stereocenters. The Hall–Kier alpha value is -2.64. The average molecular weight is 387 g/mol. The summed E-state index contributed by atoms with van der Waals surface area (Å²) in [5.41, 5.74) is 1.05. The van der Waals surface area contributed by atoms with E-state index in [-0.39, 0.29) is 31.0 Å². The third-order valence-electron chi connectivity index (χ3n) is 4.53. The lowest BCUT2D eigenvalue weighted by Crippen LogP contribution is -2.46. The molecule has 7 heteroatoms. The number of benzene rings is 2. The highest BCUT2D eigenvalue weighted by Crippen LogP contribution is 2.16. The second-order valence-electron chi connectivity index (χ2n) is 6.56. The van der Waals surface area contributed by atoms with Crippen molar-refractivity contribution < 1.29 is 18.7 Å². The minimum absolute atomic E-state index is 0.133. The Morgan fingerprint density at radius 3 is 2.57 bits per heavy atom. The highest BCUT2D eigenvalue weighted by atomic mass is 19.1. The summed E-state index contributed by atoms with van der Waals surface area (Å²) in [5, 5.41) is 5.80. The van der Waals surface area contributed by atoms with Crippen molar-refractivity contribution >= 4 is 6.03 Å². The van der Waals surface area contributed by atoms with Crippen LogP contribution >= 0.6 is 0 Å². The number of urea groups is 1. The zero-order valence-corrected chi connectivity index (χ0v) is 15.8. The van der Waals surface area contributed by atoms with Gasteiger partial charge in [0.1, 0.15) is 6.61 Å². The van der Waals surface area contributed by atoms with Gasteiger partial charge in [-0.3, -0.25) is 4.90 Å². The molecule has 2 N–H and O–H groups in total. The third kappa shape index (κ3) is 6.21. The van der Waals surface area contributed by atoms with Crippen LogP contribution in [0, 0.1) is 5.82 Å². The highest BCUT2D eigenvalue weighted by Gasteiger charge is 2.20. The Morgan fingerprint density at radius 1 is 1.11 bits per heavy atom. The van der Waals surface area contributed by atoms with Crippen LogP contribution in [-0.4, -0.2) is 56.9 Å². The maximum atomic E-state index is 13.5. The molecule has 1 saturated heterocycles. The van der Waals surface area contributed by atoms with Crippen molar-refractivity contribution in [2.75, 3.05) is 46.0 Å². The number of morpholine rings is 1. The number of carbonyl (C=O) groups is 1. The molecule has 0 radical (unpaired) electrons. The number of ether oxygens (including phenoxy) is 2. The summed E-state index contributed by atoms with van der Waals surface area (Å²) in [6.45, 7) is 4.30. The molecule has 0 saturated carbocycles. The van der Waals surface area contributed by atoms with Crippen molar-refractivity contribution in [2.45, 2.75) is 6.04 Å². The van der Waals surface area contributed by atoms with Gasteiger partial charge in [-0.1, -0.05) is 42.5 Å². The topological polar surface area (TPSA) is 62.8 Å². The molecule has 1 aliphatic rings. The number of nitrogens with one attached hydrogen (secondary N) is 2. The van der Waals surface area contributed by atoms with Crippen molar-refractivity contribution in [2.24, 2.45) is 0 Å². The van der Waals surface area contributed by atoms with E-state index in [0.717, 1.165) is 18.7 Å². The molecule has 1 aliphatic heterocycles. The molecule has 28 heavy (non-hydrogen) atoms. The number of rotatable bonds is 8. The van der Waals surface area contributed by atoms with E-state index in [1.54, 1.807) is 18.2 Å². The van der Waals surface area contributed by atoms with Crippen LogP contribution in [0.15, 0.2) is 54.6 Å². The summed E-state index contributed by atoms with van der Waals surface area (Å²) in [6, 6.07) is 15.7. The first kappa shape index (κ1) is 20.1. The van der Waals surface area contributed by atoms with Gasteiger partial charge in [0.2, 0.25) is 0 Å². The van der Waals surface area contributed by atoms with E-state index in [2.05, 4.69) is 15.5 Å². The van der Waals surface area contributed by atoms with Gasteiger partial charge in [-0.05, 0) is 17.7 Å². The molecule has 2 amide bonds. The van der Waals surface area contributed by atoms with E-state index in [1.165, 1.54) is 6.07 Å². The van der Waals surface area contributed by atoms with Crippen molar-refractivity contribution in [3.05, 3.63) is 66.0 Å². The zero-order chi connectivity index (χ0) is 19.6. The van der Waals surface area contributed by atoms with Crippen LogP contribution in [0.1, 0.15) is 11.6 Å². The van der Waals surface area contributed by atoms with Gasteiger partial charge in [0.25, 0.3) is 0 Å². The summed E-state index contributed by atoms with van der Waals surface area (Å²) in [6.07, 6.45) is 0. The minimum Gasteiger partial charge on any atom is -0.489 e. The van der Waals surface area contributed by atoms with Crippen LogP contribution in [-0.2, 0) is 4.74 Å². The van der Waals surface area contributed by atoms with Crippen molar-refractivity contribution in [3.8, 4) is 5.75 Å². The van der Waals surface area contributed by atoms with E-state index in [1.807, 2.05) is 30.3 Å². The molecule has 150 valence electrons. The number of hydrogen-bond donors (Lipinski definition) is 2. The third-order valence-corrected chi connectivity index (χ3v) is 4.53. The maximum absolute atomic E-state index is 13.5. The number of para-hydroxylation sites is 1. The zero-order valence-electron chi connectivity index (χ0n) is 15.8. The number of nitrogens with zero attached hydrogens (tertiary/aromatic N) is 1. The maximum Gasteiger partial charge on any atom is 0.315 e. The molecule has 0 aromatic heterocycles. The predicted molar refractivity (Wildman–Crippen MR) is 105 cm³/mol. The second kappa shape index (κ2) is 10.6. The van der Waals surface area contributed by atoms with Gasteiger partial charge in [0, 0.05) is 19.6 Å². The summed E-state index contributed by atoms with van der Waals surface area (Å²) >= 11 is 0. The van der Waals surface area contributed by atoms with E-state index >= 15 is 0 Å². The predicted octanol–water partition coefficient (Wildman–Crippen LogP) is 2.58. The Kier molecular flexibility index (Phi) is 7.63. The first-order chi connectivity index (χ1) is 13.7. The van der Waals surface area contributed by atoms with Gasteiger partial charge in [-0.25, -0.2) is 9.18 Å². The molecule has 1 unspecified atom stereocenters. The molecular weight excluding hydrogens is 361 g/mol. The number of amides is 2. The molecule has 2 aromatic carbocycles. The first-order valence-electron chi connectivity index (χ1n) is 9.49. The number of carbonyl (C=O) groups excluding carboxylic acids is 1. The molecule has 6 nitrogen and oxygen atoms in total. The lowest BCUT2D eigenvalue weighted by atomic mass is 10.1. The Bertz CT molecular complexity index is 739. The molecule has 3 rings (SSSR count). The van der Waals surface area contributed by atoms with Crippen LogP contribution in [0.3, 0.4) is 0 Å². The fraction of sp³-hybridized carbons (Fsp3) is 0.381. The minimum atomic E-state index is -0.415. The van der Waals surface area contributed by atoms with Gasteiger partial charge in [0.05, 0.1) is 25.8 Å². The highest BCUT2D eigenvalue weighted by molar-refractivity contribution is 5.74. The Labute approximate surface area is 164 Å². The van der Waals surface area contributed by atoms with Crippen LogP contribution in [0.4, 0.5) is 9.18 Å². The molecule has 0 spiro atoms. The molecule has 1 fully saturated rings. The van der Waals surface area contributed by atoms with Gasteiger partial charge >= 0.3 is 6.03 Å². The van der Waals surface area contributed by atoms with Crippen LogP contribution in [0.25, 0.3) is 0 Å². The normalized spacial score (nSPS) is 15.6. The van der Waals surface area contributed by atoms with E-state index in [9.17, 15) is 9.18 Å². The molecular formula is C21H26FN3O3. The number of hydrogen-bond acceptors (Lipinski definition) is 4.